The van der Waals surface area contributed by atoms with Crippen LogP contribution in [-0.4, -0.2) is 43.6 Å². The average molecular weight is 364 g/mol. The zero-order valence-electron chi connectivity index (χ0n) is 14.9. The Balaban J connectivity index is 1.65. The third-order valence-electron chi connectivity index (χ3n) is 4.75. The van der Waals surface area contributed by atoms with E-state index in [4.69, 9.17) is 4.74 Å². The number of aromatic hydroxyl groups is 1. The molecular weight excluding hydrogens is 344 g/mol. The molecule has 1 amide bonds. The number of fused-ring (bicyclic) bond motifs is 1. The summed E-state index contributed by atoms with van der Waals surface area (Å²) in [6.07, 6.45) is 8.51. The molecule has 1 aromatic carbocycles. The van der Waals surface area contributed by atoms with Gasteiger partial charge in [0.15, 0.2) is 11.5 Å². The van der Waals surface area contributed by atoms with E-state index >= 15 is 0 Å². The van der Waals surface area contributed by atoms with Crippen LogP contribution in [0.4, 0.5) is 0 Å². The van der Waals surface area contributed by atoms with Gasteiger partial charge in [0.2, 0.25) is 5.91 Å². The minimum absolute atomic E-state index is 0.0179. The second kappa shape index (κ2) is 7.11. The van der Waals surface area contributed by atoms with Crippen molar-refractivity contribution in [1.29, 1.82) is 0 Å². The Morgan fingerprint density at radius 1 is 1.26 bits per heavy atom. The molecule has 0 saturated carbocycles. The van der Waals surface area contributed by atoms with E-state index in [0.29, 0.717) is 25.4 Å². The second-order valence-corrected chi connectivity index (χ2v) is 6.52. The summed E-state index contributed by atoms with van der Waals surface area (Å²) >= 11 is 0. The van der Waals surface area contributed by atoms with Crippen LogP contribution < -0.4 is 4.74 Å². The molecule has 1 atom stereocenters. The molecule has 3 heterocycles. The van der Waals surface area contributed by atoms with E-state index < -0.39 is 0 Å². The Kier molecular flexibility index (Phi) is 4.50. The second-order valence-electron chi connectivity index (χ2n) is 6.52. The standard InChI is InChI=1S/C20H20N4O3/c1-14(24-6-5-22-13-24)20(26)23-7-8-27-19-17(12-23)9-16(10-18(19)25)15-3-2-4-21-11-15/h2-6,9-11,13-14,25H,7-8,12H2,1H3/t14-/m1/s1. The van der Waals surface area contributed by atoms with Crippen LogP contribution >= 0.6 is 0 Å². The van der Waals surface area contributed by atoms with Crippen LogP contribution in [0.5, 0.6) is 11.5 Å². The number of nitrogens with zero attached hydrogens (tertiary/aromatic N) is 4. The van der Waals surface area contributed by atoms with Crippen LogP contribution in [-0.2, 0) is 11.3 Å². The fraction of sp³-hybridized carbons (Fsp3) is 0.250. The molecule has 0 unspecified atom stereocenters. The number of carbonyl (C=O) groups excluding carboxylic acids is 1. The van der Waals surface area contributed by atoms with Gasteiger partial charge < -0.3 is 19.3 Å². The van der Waals surface area contributed by atoms with Crippen molar-refractivity contribution in [2.45, 2.75) is 19.5 Å². The summed E-state index contributed by atoms with van der Waals surface area (Å²) < 4.78 is 7.52. The van der Waals surface area contributed by atoms with Crippen molar-refractivity contribution in [3.8, 4) is 22.6 Å². The Bertz CT molecular complexity index is 941. The first-order chi connectivity index (χ1) is 13.1. The first kappa shape index (κ1) is 17.1. The van der Waals surface area contributed by atoms with Crippen molar-refractivity contribution in [2.75, 3.05) is 13.2 Å². The summed E-state index contributed by atoms with van der Waals surface area (Å²) in [5, 5.41) is 10.4. The zero-order chi connectivity index (χ0) is 18.8. The molecule has 0 spiro atoms. The van der Waals surface area contributed by atoms with Crippen molar-refractivity contribution >= 4 is 5.91 Å². The molecule has 3 aromatic rings. The van der Waals surface area contributed by atoms with E-state index in [1.807, 2.05) is 25.1 Å². The fourth-order valence-corrected chi connectivity index (χ4v) is 3.28. The minimum Gasteiger partial charge on any atom is -0.504 e. The summed E-state index contributed by atoms with van der Waals surface area (Å²) in [4.78, 5) is 22.8. The van der Waals surface area contributed by atoms with Gasteiger partial charge in [0.25, 0.3) is 0 Å². The molecule has 0 saturated heterocycles. The third kappa shape index (κ3) is 3.36. The van der Waals surface area contributed by atoms with Crippen molar-refractivity contribution in [3.05, 3.63) is 60.9 Å². The Morgan fingerprint density at radius 3 is 2.89 bits per heavy atom. The average Bonchev–Trinajstić information content (AvgIpc) is 3.14. The highest BCUT2D eigenvalue weighted by Crippen LogP contribution is 2.37. The maximum absolute atomic E-state index is 12.9. The Hall–Kier alpha value is -3.35. The smallest absolute Gasteiger partial charge is 0.245 e. The molecule has 138 valence electrons. The first-order valence-electron chi connectivity index (χ1n) is 8.79. The number of carbonyl (C=O) groups is 1. The molecule has 0 radical (unpaired) electrons. The van der Waals surface area contributed by atoms with Crippen LogP contribution in [0.3, 0.4) is 0 Å². The molecule has 1 N–H and O–H groups in total. The van der Waals surface area contributed by atoms with Crippen LogP contribution in [0.25, 0.3) is 11.1 Å². The predicted octanol–water partition coefficient (Wildman–Crippen LogP) is 2.63. The number of amides is 1. The van der Waals surface area contributed by atoms with Crippen molar-refractivity contribution in [2.24, 2.45) is 0 Å². The van der Waals surface area contributed by atoms with E-state index in [-0.39, 0.29) is 17.7 Å². The van der Waals surface area contributed by atoms with Gasteiger partial charge in [-0.05, 0) is 30.7 Å². The number of hydrogen-bond acceptors (Lipinski definition) is 5. The number of ether oxygens (including phenoxy) is 1. The van der Waals surface area contributed by atoms with Gasteiger partial charge >= 0.3 is 0 Å². The van der Waals surface area contributed by atoms with Crippen LogP contribution in [0.2, 0.25) is 0 Å². The van der Waals surface area contributed by atoms with Gasteiger partial charge in [-0.2, -0.15) is 0 Å². The SMILES string of the molecule is C[C@H](C(=O)N1CCOc2c(O)cc(-c3cccnc3)cc2C1)n1ccnc1. The number of phenolic OH excluding ortho intramolecular Hbond substituents is 1. The van der Waals surface area contributed by atoms with E-state index in [1.54, 1.807) is 46.6 Å². The van der Waals surface area contributed by atoms with Gasteiger partial charge in [-0.3, -0.25) is 9.78 Å². The summed E-state index contributed by atoms with van der Waals surface area (Å²) in [7, 11) is 0. The van der Waals surface area contributed by atoms with Crippen LogP contribution in [0, 0.1) is 0 Å². The summed E-state index contributed by atoms with van der Waals surface area (Å²) in [6, 6.07) is 7.03. The lowest BCUT2D eigenvalue weighted by Gasteiger charge is -2.24. The normalized spacial score (nSPS) is 14.8. The lowest BCUT2D eigenvalue weighted by Crippen LogP contribution is -2.37. The molecule has 0 bridgehead atoms. The Labute approximate surface area is 156 Å². The molecule has 2 aromatic heterocycles. The zero-order valence-corrected chi connectivity index (χ0v) is 14.9. The van der Waals surface area contributed by atoms with Gasteiger partial charge in [0, 0.05) is 42.5 Å². The molecule has 27 heavy (non-hydrogen) atoms. The summed E-state index contributed by atoms with van der Waals surface area (Å²) in [5.41, 5.74) is 2.50. The lowest BCUT2D eigenvalue weighted by atomic mass is 10.0. The number of imidazole rings is 1. The molecule has 0 aliphatic carbocycles. The lowest BCUT2D eigenvalue weighted by molar-refractivity contribution is -0.135. The minimum atomic E-state index is -0.357. The number of phenols is 1. The van der Waals surface area contributed by atoms with Gasteiger partial charge in [-0.25, -0.2) is 4.98 Å². The molecule has 1 aliphatic heterocycles. The number of benzene rings is 1. The molecular formula is C20H20N4O3. The number of pyridine rings is 1. The van der Waals surface area contributed by atoms with E-state index in [2.05, 4.69) is 9.97 Å². The van der Waals surface area contributed by atoms with Gasteiger partial charge in [0.05, 0.1) is 12.9 Å². The van der Waals surface area contributed by atoms with Crippen LogP contribution in [0.15, 0.2) is 55.4 Å². The molecule has 7 heteroatoms. The topological polar surface area (TPSA) is 80.5 Å². The van der Waals surface area contributed by atoms with Crippen molar-refractivity contribution < 1.29 is 14.6 Å². The first-order valence-corrected chi connectivity index (χ1v) is 8.79. The number of aromatic nitrogens is 3. The van der Waals surface area contributed by atoms with Crippen molar-refractivity contribution in [1.82, 2.24) is 19.4 Å². The highest BCUT2D eigenvalue weighted by atomic mass is 16.5. The van der Waals surface area contributed by atoms with E-state index in [9.17, 15) is 9.90 Å². The third-order valence-corrected chi connectivity index (χ3v) is 4.75. The maximum atomic E-state index is 12.9. The Morgan fingerprint density at radius 2 is 2.15 bits per heavy atom. The highest BCUT2D eigenvalue weighted by Gasteiger charge is 2.26. The molecule has 4 rings (SSSR count). The fourth-order valence-electron chi connectivity index (χ4n) is 3.28. The summed E-state index contributed by atoms with van der Waals surface area (Å²) in [6.45, 7) is 3.00. The maximum Gasteiger partial charge on any atom is 0.245 e. The largest absolute Gasteiger partial charge is 0.504 e. The molecule has 0 fully saturated rings. The predicted molar refractivity (Wildman–Crippen MR) is 99.2 cm³/mol. The van der Waals surface area contributed by atoms with Gasteiger partial charge in [0.1, 0.15) is 12.6 Å². The quantitative estimate of drug-likeness (QED) is 0.773. The molecule has 7 nitrogen and oxygen atoms in total. The van der Waals surface area contributed by atoms with Crippen LogP contribution in [0.1, 0.15) is 18.5 Å². The van der Waals surface area contributed by atoms with Gasteiger partial charge in [-0.1, -0.05) is 6.07 Å². The monoisotopic (exact) mass is 364 g/mol. The highest BCUT2D eigenvalue weighted by molar-refractivity contribution is 5.80. The van der Waals surface area contributed by atoms with Gasteiger partial charge in [-0.15, -0.1) is 0 Å². The van der Waals surface area contributed by atoms with E-state index in [0.717, 1.165) is 16.7 Å². The van der Waals surface area contributed by atoms with Crippen molar-refractivity contribution in [3.63, 3.8) is 0 Å². The number of hydrogen-bond donors (Lipinski definition) is 1. The molecule has 1 aliphatic rings. The summed E-state index contributed by atoms with van der Waals surface area (Å²) in [5.74, 6) is 0.493. The van der Waals surface area contributed by atoms with E-state index in [1.165, 1.54) is 0 Å². The number of rotatable bonds is 3.